The first-order valence-corrected chi connectivity index (χ1v) is 8.74. The molecular formula is C21H22FN3. The Hall–Kier alpha value is -2.30. The van der Waals surface area contributed by atoms with E-state index < -0.39 is 5.41 Å². The average molecular weight is 335 g/mol. The van der Waals surface area contributed by atoms with Crippen molar-refractivity contribution in [2.24, 2.45) is 0 Å². The predicted molar refractivity (Wildman–Crippen MR) is 99.3 cm³/mol. The summed E-state index contributed by atoms with van der Waals surface area (Å²) in [6.45, 7) is 4.86. The van der Waals surface area contributed by atoms with Crippen molar-refractivity contribution in [1.29, 1.82) is 0 Å². The lowest BCUT2D eigenvalue weighted by Crippen LogP contribution is -2.58. The van der Waals surface area contributed by atoms with Gasteiger partial charge in [0.25, 0.3) is 0 Å². The molecule has 2 heterocycles. The lowest BCUT2D eigenvalue weighted by Gasteiger charge is -2.42. The molecule has 3 aromatic rings. The number of nitrogens with zero attached hydrogens (tertiary/aromatic N) is 1. The molecule has 2 atom stereocenters. The molecule has 1 saturated heterocycles. The number of nitrogens with one attached hydrogen (secondary N) is 2. The molecule has 0 bridgehead atoms. The molecule has 128 valence electrons. The number of rotatable bonds is 3. The fourth-order valence-electron chi connectivity index (χ4n) is 3.94. The van der Waals surface area contributed by atoms with E-state index in [9.17, 15) is 4.39 Å². The molecule has 1 aromatic heterocycles. The molecule has 4 heteroatoms. The van der Waals surface area contributed by atoms with Crippen molar-refractivity contribution in [3.63, 3.8) is 0 Å². The van der Waals surface area contributed by atoms with E-state index in [1.807, 2.05) is 18.3 Å². The van der Waals surface area contributed by atoms with Crippen LogP contribution in [-0.2, 0) is 5.41 Å². The Bertz CT molecular complexity index is 884. The molecule has 2 N–H and O–H groups in total. The summed E-state index contributed by atoms with van der Waals surface area (Å²) in [6, 6.07) is 17.4. The second-order valence-corrected chi connectivity index (χ2v) is 6.80. The summed E-state index contributed by atoms with van der Waals surface area (Å²) in [5.74, 6) is -0.208. The number of hydrogen-bond donors (Lipinski definition) is 2. The number of aromatic nitrogens is 1. The molecule has 1 fully saturated rings. The molecule has 0 amide bonds. The Labute approximate surface area is 147 Å². The van der Waals surface area contributed by atoms with E-state index >= 15 is 0 Å². The van der Waals surface area contributed by atoms with Crippen LogP contribution >= 0.6 is 0 Å². The fourth-order valence-corrected chi connectivity index (χ4v) is 3.94. The average Bonchev–Trinajstić information content (AvgIpc) is 2.67. The monoisotopic (exact) mass is 335 g/mol. The zero-order valence-corrected chi connectivity index (χ0v) is 14.3. The van der Waals surface area contributed by atoms with Gasteiger partial charge in [-0.15, -0.1) is 0 Å². The quantitative estimate of drug-likeness (QED) is 0.771. The summed E-state index contributed by atoms with van der Waals surface area (Å²) in [4.78, 5) is 4.65. The van der Waals surface area contributed by atoms with E-state index in [4.69, 9.17) is 0 Å². The third kappa shape index (κ3) is 2.81. The molecule has 2 aromatic carbocycles. The molecule has 0 aliphatic carbocycles. The van der Waals surface area contributed by atoms with Gasteiger partial charge in [0.05, 0.1) is 5.52 Å². The van der Waals surface area contributed by atoms with Crippen LogP contribution in [0.5, 0.6) is 0 Å². The Balaban J connectivity index is 1.96. The first-order chi connectivity index (χ1) is 12.2. The van der Waals surface area contributed by atoms with Gasteiger partial charge < -0.3 is 10.6 Å². The van der Waals surface area contributed by atoms with Gasteiger partial charge in [-0.05, 0) is 36.2 Å². The van der Waals surface area contributed by atoms with Gasteiger partial charge in [0, 0.05) is 42.7 Å². The Morgan fingerprint density at radius 1 is 1.08 bits per heavy atom. The zero-order valence-electron chi connectivity index (χ0n) is 14.3. The second-order valence-electron chi connectivity index (χ2n) is 6.80. The molecule has 0 spiro atoms. The van der Waals surface area contributed by atoms with Gasteiger partial charge in [0.15, 0.2) is 0 Å². The largest absolute Gasteiger partial charge is 0.314 e. The third-order valence-electron chi connectivity index (χ3n) is 5.35. The Morgan fingerprint density at radius 2 is 1.92 bits per heavy atom. The molecule has 25 heavy (non-hydrogen) atoms. The van der Waals surface area contributed by atoms with E-state index in [0.29, 0.717) is 0 Å². The van der Waals surface area contributed by atoms with Crippen LogP contribution in [0, 0.1) is 5.82 Å². The summed E-state index contributed by atoms with van der Waals surface area (Å²) < 4.78 is 14.0. The summed E-state index contributed by atoms with van der Waals surface area (Å²) in [5, 5.41) is 8.20. The predicted octanol–water partition coefficient (Wildman–Crippen LogP) is 3.24. The van der Waals surface area contributed by atoms with Crippen molar-refractivity contribution in [3.8, 4) is 0 Å². The molecule has 3 nitrogen and oxygen atoms in total. The zero-order chi connectivity index (χ0) is 17.3. The van der Waals surface area contributed by atoms with Gasteiger partial charge in [-0.25, -0.2) is 4.39 Å². The SMILES string of the molecule is CC(c1cccc(F)c1)(c1cccc2cccnc12)C1CNCCN1. The highest BCUT2D eigenvalue weighted by atomic mass is 19.1. The molecule has 0 radical (unpaired) electrons. The summed E-state index contributed by atoms with van der Waals surface area (Å²) in [6.07, 6.45) is 1.82. The molecule has 0 saturated carbocycles. The van der Waals surface area contributed by atoms with Gasteiger partial charge in [0.1, 0.15) is 5.82 Å². The number of para-hydroxylation sites is 1. The van der Waals surface area contributed by atoms with Crippen LogP contribution in [0.2, 0.25) is 0 Å². The standard InChI is InChI=1S/C21H22FN3/c1-21(19-14-23-11-12-24-19,16-7-3-8-17(22)13-16)18-9-2-5-15-6-4-10-25-20(15)18/h2-10,13,19,23-24H,11-12,14H2,1H3. The van der Waals surface area contributed by atoms with Crippen molar-refractivity contribution < 1.29 is 4.39 Å². The van der Waals surface area contributed by atoms with Crippen LogP contribution in [-0.4, -0.2) is 30.7 Å². The van der Waals surface area contributed by atoms with Crippen LogP contribution in [0.3, 0.4) is 0 Å². The topological polar surface area (TPSA) is 37.0 Å². The normalized spacial score (nSPS) is 20.3. The highest BCUT2D eigenvalue weighted by Crippen LogP contribution is 2.39. The summed E-state index contributed by atoms with van der Waals surface area (Å²) in [7, 11) is 0. The second kappa shape index (κ2) is 6.54. The lowest BCUT2D eigenvalue weighted by atomic mass is 9.69. The maximum Gasteiger partial charge on any atom is 0.123 e. The van der Waals surface area contributed by atoms with E-state index in [0.717, 1.165) is 41.7 Å². The van der Waals surface area contributed by atoms with Gasteiger partial charge in [-0.2, -0.15) is 0 Å². The van der Waals surface area contributed by atoms with E-state index in [2.05, 4.69) is 46.8 Å². The number of halogens is 1. The smallest absolute Gasteiger partial charge is 0.123 e. The highest BCUT2D eigenvalue weighted by Gasteiger charge is 2.39. The first kappa shape index (κ1) is 16.2. The lowest BCUT2D eigenvalue weighted by molar-refractivity contribution is 0.317. The Morgan fingerprint density at radius 3 is 2.72 bits per heavy atom. The van der Waals surface area contributed by atoms with Crippen LogP contribution in [0.15, 0.2) is 60.8 Å². The van der Waals surface area contributed by atoms with Crippen LogP contribution < -0.4 is 10.6 Å². The van der Waals surface area contributed by atoms with Crippen molar-refractivity contribution in [2.75, 3.05) is 19.6 Å². The molecule has 4 rings (SSSR count). The maximum absolute atomic E-state index is 14.0. The summed E-state index contributed by atoms with van der Waals surface area (Å²) >= 11 is 0. The van der Waals surface area contributed by atoms with Gasteiger partial charge >= 0.3 is 0 Å². The van der Waals surface area contributed by atoms with Crippen LogP contribution in [0.1, 0.15) is 18.1 Å². The van der Waals surface area contributed by atoms with E-state index in [-0.39, 0.29) is 11.9 Å². The van der Waals surface area contributed by atoms with Crippen molar-refractivity contribution >= 4 is 10.9 Å². The first-order valence-electron chi connectivity index (χ1n) is 8.74. The van der Waals surface area contributed by atoms with Crippen LogP contribution in [0.25, 0.3) is 10.9 Å². The fraction of sp³-hybridized carbons (Fsp3) is 0.286. The van der Waals surface area contributed by atoms with Gasteiger partial charge in [-0.3, -0.25) is 4.98 Å². The number of piperazine rings is 1. The third-order valence-corrected chi connectivity index (χ3v) is 5.35. The van der Waals surface area contributed by atoms with Crippen molar-refractivity contribution in [1.82, 2.24) is 15.6 Å². The molecule has 1 aliphatic heterocycles. The van der Waals surface area contributed by atoms with Crippen LogP contribution in [0.4, 0.5) is 4.39 Å². The van der Waals surface area contributed by atoms with Gasteiger partial charge in [0.2, 0.25) is 0 Å². The van der Waals surface area contributed by atoms with E-state index in [1.54, 1.807) is 12.1 Å². The number of pyridine rings is 1. The van der Waals surface area contributed by atoms with Crippen molar-refractivity contribution in [2.45, 2.75) is 18.4 Å². The number of benzene rings is 2. The number of hydrogen-bond acceptors (Lipinski definition) is 3. The maximum atomic E-state index is 14.0. The highest BCUT2D eigenvalue weighted by molar-refractivity contribution is 5.83. The molecular weight excluding hydrogens is 313 g/mol. The molecule has 2 unspecified atom stereocenters. The minimum absolute atomic E-state index is 0.149. The van der Waals surface area contributed by atoms with Crippen molar-refractivity contribution in [3.05, 3.63) is 77.7 Å². The van der Waals surface area contributed by atoms with E-state index in [1.165, 1.54) is 6.07 Å². The molecule has 1 aliphatic rings. The minimum Gasteiger partial charge on any atom is -0.314 e. The minimum atomic E-state index is -0.399. The number of fused-ring (bicyclic) bond motifs is 1. The Kier molecular flexibility index (Phi) is 4.24. The summed E-state index contributed by atoms with van der Waals surface area (Å²) in [5.41, 5.74) is 2.66. The van der Waals surface area contributed by atoms with Gasteiger partial charge in [-0.1, -0.05) is 36.4 Å².